The van der Waals surface area contributed by atoms with Crippen LogP contribution in [0.5, 0.6) is 5.75 Å². The average Bonchev–Trinajstić information content (AvgIpc) is 2.94. The summed E-state index contributed by atoms with van der Waals surface area (Å²) in [5.41, 5.74) is 1.46. The first kappa shape index (κ1) is 12.3. The number of para-hydroxylation sites is 1. The molecule has 3 rings (SSSR count). The largest absolute Gasteiger partial charge is 0.489 e. The van der Waals surface area contributed by atoms with E-state index in [1.165, 1.54) is 0 Å². The molecule has 1 aromatic carbocycles. The molecule has 0 radical (unpaired) electrons. The number of hydrogen-bond acceptors (Lipinski definition) is 4. The molecule has 0 saturated carbocycles. The fourth-order valence-electron chi connectivity index (χ4n) is 2.79. The third-order valence-electron chi connectivity index (χ3n) is 3.76. The first-order valence-electron chi connectivity index (χ1n) is 6.73. The highest BCUT2D eigenvalue weighted by atomic mass is 16.5. The molecule has 0 bridgehead atoms. The van der Waals surface area contributed by atoms with Crippen LogP contribution < -0.4 is 10.1 Å². The molecule has 5 heteroatoms. The maximum atomic E-state index is 12.6. The minimum Gasteiger partial charge on any atom is -0.489 e. The van der Waals surface area contributed by atoms with Crippen molar-refractivity contribution in [3.05, 3.63) is 23.8 Å². The number of likely N-dealkylation sites (tertiary alicyclic amines) is 1. The Morgan fingerprint density at radius 1 is 1.53 bits per heavy atom. The van der Waals surface area contributed by atoms with Gasteiger partial charge in [-0.3, -0.25) is 4.79 Å². The van der Waals surface area contributed by atoms with E-state index in [-0.39, 0.29) is 18.6 Å². The lowest BCUT2D eigenvalue weighted by atomic mass is 10.1. The fraction of sp³-hybridized carbons (Fsp3) is 0.500. The molecule has 5 nitrogen and oxygen atoms in total. The van der Waals surface area contributed by atoms with E-state index in [2.05, 4.69) is 5.32 Å². The van der Waals surface area contributed by atoms with Gasteiger partial charge in [-0.05, 0) is 25.0 Å². The van der Waals surface area contributed by atoms with E-state index in [9.17, 15) is 9.90 Å². The third kappa shape index (κ3) is 2.14. The zero-order chi connectivity index (χ0) is 13.2. The van der Waals surface area contributed by atoms with E-state index in [4.69, 9.17) is 4.74 Å². The number of hydrogen-bond donors (Lipinski definition) is 2. The van der Waals surface area contributed by atoms with Gasteiger partial charge in [0.25, 0.3) is 5.91 Å². The predicted octanol–water partition coefficient (Wildman–Crippen LogP) is 1.09. The van der Waals surface area contributed by atoms with Gasteiger partial charge >= 0.3 is 0 Å². The van der Waals surface area contributed by atoms with E-state index in [0.29, 0.717) is 24.5 Å². The lowest BCUT2D eigenvalue weighted by Gasteiger charge is -2.26. The van der Waals surface area contributed by atoms with Gasteiger partial charge in [-0.1, -0.05) is 6.07 Å². The van der Waals surface area contributed by atoms with Gasteiger partial charge < -0.3 is 20.1 Å². The number of anilines is 1. The van der Waals surface area contributed by atoms with E-state index in [1.807, 2.05) is 12.1 Å². The van der Waals surface area contributed by atoms with Crippen molar-refractivity contribution in [2.75, 3.05) is 31.6 Å². The molecule has 0 spiro atoms. The number of amides is 1. The van der Waals surface area contributed by atoms with Crippen LogP contribution in [0.2, 0.25) is 0 Å². The minimum absolute atomic E-state index is 0.0276. The predicted molar refractivity (Wildman–Crippen MR) is 71.6 cm³/mol. The molecule has 2 heterocycles. The first-order chi connectivity index (χ1) is 9.31. The van der Waals surface area contributed by atoms with Gasteiger partial charge in [0.2, 0.25) is 0 Å². The van der Waals surface area contributed by atoms with Crippen LogP contribution in [0.15, 0.2) is 18.2 Å². The molecule has 2 aliphatic rings. The van der Waals surface area contributed by atoms with Crippen LogP contribution in [0.25, 0.3) is 0 Å². The third-order valence-corrected chi connectivity index (χ3v) is 3.76. The fourth-order valence-corrected chi connectivity index (χ4v) is 2.79. The molecule has 1 fully saturated rings. The number of benzene rings is 1. The molecule has 102 valence electrons. The Bertz CT molecular complexity index is 490. The van der Waals surface area contributed by atoms with Gasteiger partial charge in [0.05, 0.1) is 23.9 Å². The van der Waals surface area contributed by atoms with Gasteiger partial charge in [0, 0.05) is 13.1 Å². The number of aliphatic hydroxyl groups excluding tert-OH is 1. The van der Waals surface area contributed by atoms with Crippen LogP contribution in [0.1, 0.15) is 23.2 Å². The van der Waals surface area contributed by atoms with Crippen LogP contribution in [-0.4, -0.2) is 48.3 Å². The van der Waals surface area contributed by atoms with E-state index >= 15 is 0 Å². The standard InChI is InChI=1S/C14H18N2O3/c17-9-10-3-2-7-16(10)14(18)11-4-1-5-12-13(11)19-8-6-15-12/h1,4-5,10,15,17H,2-3,6-9H2/t10-/m1/s1. The summed E-state index contributed by atoms with van der Waals surface area (Å²) < 4.78 is 5.63. The second-order valence-corrected chi connectivity index (χ2v) is 4.93. The Balaban J connectivity index is 1.91. The van der Waals surface area contributed by atoms with Crippen molar-refractivity contribution in [2.24, 2.45) is 0 Å². The lowest BCUT2D eigenvalue weighted by molar-refractivity contribution is 0.0673. The second-order valence-electron chi connectivity index (χ2n) is 4.93. The summed E-state index contributed by atoms with van der Waals surface area (Å²) in [5.74, 6) is 0.597. The highest BCUT2D eigenvalue weighted by molar-refractivity contribution is 5.99. The van der Waals surface area contributed by atoms with Gasteiger partial charge in [0.15, 0.2) is 5.75 Å². The maximum absolute atomic E-state index is 12.6. The summed E-state index contributed by atoms with van der Waals surface area (Å²) in [7, 11) is 0. The molecule has 2 N–H and O–H groups in total. The smallest absolute Gasteiger partial charge is 0.258 e. The number of ether oxygens (including phenoxy) is 1. The summed E-state index contributed by atoms with van der Waals surface area (Å²) in [6.45, 7) is 2.06. The quantitative estimate of drug-likeness (QED) is 0.837. The Morgan fingerprint density at radius 3 is 3.26 bits per heavy atom. The SMILES string of the molecule is O=C(c1cccc2c1OCCN2)N1CCC[C@@H]1CO. The van der Waals surface area contributed by atoms with Crippen molar-refractivity contribution in [3.63, 3.8) is 0 Å². The summed E-state index contributed by atoms with van der Waals surface area (Å²) in [6.07, 6.45) is 1.82. The second kappa shape index (κ2) is 5.09. The zero-order valence-corrected chi connectivity index (χ0v) is 10.8. The van der Waals surface area contributed by atoms with Crippen LogP contribution in [0.4, 0.5) is 5.69 Å². The maximum Gasteiger partial charge on any atom is 0.258 e. The number of carbonyl (C=O) groups is 1. The van der Waals surface area contributed by atoms with E-state index in [0.717, 1.165) is 25.1 Å². The van der Waals surface area contributed by atoms with Crippen molar-refractivity contribution in [2.45, 2.75) is 18.9 Å². The molecule has 1 amide bonds. The van der Waals surface area contributed by atoms with Crippen molar-refractivity contribution in [1.29, 1.82) is 0 Å². The van der Waals surface area contributed by atoms with Crippen LogP contribution in [-0.2, 0) is 0 Å². The number of nitrogens with one attached hydrogen (secondary N) is 1. The number of nitrogens with zero attached hydrogens (tertiary/aromatic N) is 1. The summed E-state index contributed by atoms with van der Waals surface area (Å²) in [6, 6.07) is 5.51. The van der Waals surface area contributed by atoms with Crippen molar-refractivity contribution >= 4 is 11.6 Å². The topological polar surface area (TPSA) is 61.8 Å². The average molecular weight is 262 g/mol. The van der Waals surface area contributed by atoms with Crippen molar-refractivity contribution in [1.82, 2.24) is 4.90 Å². The number of aliphatic hydroxyl groups is 1. The van der Waals surface area contributed by atoms with E-state index in [1.54, 1.807) is 11.0 Å². The molecule has 0 unspecified atom stereocenters. The van der Waals surface area contributed by atoms with Gasteiger partial charge in [0.1, 0.15) is 6.61 Å². The molecule has 19 heavy (non-hydrogen) atoms. The van der Waals surface area contributed by atoms with E-state index < -0.39 is 0 Å². The molecular formula is C14H18N2O3. The summed E-state index contributed by atoms with van der Waals surface area (Å²) >= 11 is 0. The van der Waals surface area contributed by atoms with Crippen LogP contribution >= 0.6 is 0 Å². The molecule has 1 atom stereocenters. The van der Waals surface area contributed by atoms with Crippen molar-refractivity contribution < 1.29 is 14.6 Å². The normalized spacial score (nSPS) is 21.5. The molecule has 2 aliphatic heterocycles. The summed E-state index contributed by atoms with van der Waals surface area (Å²) in [4.78, 5) is 14.4. The zero-order valence-electron chi connectivity index (χ0n) is 10.8. The number of carbonyl (C=O) groups excluding carboxylic acids is 1. The molecule has 0 aliphatic carbocycles. The van der Waals surface area contributed by atoms with Crippen molar-refractivity contribution in [3.8, 4) is 5.75 Å². The Hall–Kier alpha value is -1.75. The molecular weight excluding hydrogens is 244 g/mol. The minimum atomic E-state index is -0.0556. The number of fused-ring (bicyclic) bond motifs is 1. The monoisotopic (exact) mass is 262 g/mol. The summed E-state index contributed by atoms with van der Waals surface area (Å²) in [5, 5.41) is 12.6. The molecule has 1 saturated heterocycles. The van der Waals surface area contributed by atoms with Gasteiger partial charge in [-0.15, -0.1) is 0 Å². The Morgan fingerprint density at radius 2 is 2.42 bits per heavy atom. The highest BCUT2D eigenvalue weighted by Crippen LogP contribution is 2.33. The highest BCUT2D eigenvalue weighted by Gasteiger charge is 2.31. The van der Waals surface area contributed by atoms with Crippen LogP contribution in [0, 0.1) is 0 Å². The molecule has 1 aromatic rings. The van der Waals surface area contributed by atoms with Gasteiger partial charge in [-0.25, -0.2) is 0 Å². The van der Waals surface area contributed by atoms with Crippen LogP contribution in [0.3, 0.4) is 0 Å². The Kier molecular flexibility index (Phi) is 3.29. The van der Waals surface area contributed by atoms with Gasteiger partial charge in [-0.2, -0.15) is 0 Å². The first-order valence-corrected chi connectivity index (χ1v) is 6.73. The Labute approximate surface area is 112 Å². The molecule has 0 aromatic heterocycles. The lowest BCUT2D eigenvalue weighted by Crippen LogP contribution is -2.38. The number of rotatable bonds is 2.